The van der Waals surface area contributed by atoms with Crippen LogP contribution in [0.15, 0.2) is 30.3 Å². The topological polar surface area (TPSA) is 23.5 Å². The van der Waals surface area contributed by atoms with Crippen LogP contribution in [0.5, 0.6) is 0 Å². The molecule has 0 amide bonds. The van der Waals surface area contributed by atoms with Gasteiger partial charge < -0.3 is 10.0 Å². The number of halogens is 3. The molecule has 106 valence electrons. The van der Waals surface area contributed by atoms with E-state index in [4.69, 9.17) is 5.11 Å². The van der Waals surface area contributed by atoms with Gasteiger partial charge in [0.2, 0.25) is 0 Å². The van der Waals surface area contributed by atoms with E-state index < -0.39 is 12.3 Å². The van der Waals surface area contributed by atoms with Gasteiger partial charge in [-0.05, 0) is 30.9 Å². The molecule has 0 bridgehead atoms. The van der Waals surface area contributed by atoms with Crippen LogP contribution in [-0.4, -0.2) is 41.9 Å². The largest absolute Gasteiger partial charge is 0.415 e. The second kappa shape index (κ2) is 5.92. The number of alkyl halides is 3. The molecule has 1 aliphatic rings. The van der Waals surface area contributed by atoms with E-state index in [1.165, 1.54) is 5.56 Å². The summed E-state index contributed by atoms with van der Waals surface area (Å²) in [4.78, 5) is 1.70. The maximum absolute atomic E-state index is 12.3. The Hall–Kier alpha value is -1.07. The number of nitrogens with zero attached hydrogens (tertiary/aromatic N) is 1. The molecule has 1 aromatic carbocycles. The van der Waals surface area contributed by atoms with Crippen LogP contribution in [-0.2, 0) is 6.42 Å². The molecule has 1 saturated heterocycles. The Balaban J connectivity index is 1.80. The van der Waals surface area contributed by atoms with Crippen molar-refractivity contribution in [1.29, 1.82) is 0 Å². The minimum atomic E-state index is -4.52. The molecule has 2 atom stereocenters. The smallest absolute Gasteiger partial charge is 0.382 e. The van der Waals surface area contributed by atoms with E-state index in [-0.39, 0.29) is 6.54 Å². The molecule has 1 N–H and O–H groups in total. The molecule has 1 heterocycles. The van der Waals surface area contributed by atoms with Crippen molar-refractivity contribution in [2.45, 2.75) is 25.1 Å². The second-order valence-electron chi connectivity index (χ2n) is 5.16. The van der Waals surface area contributed by atoms with Gasteiger partial charge in [0.25, 0.3) is 0 Å². The summed E-state index contributed by atoms with van der Waals surface area (Å²) in [7, 11) is 0. The lowest BCUT2D eigenvalue weighted by molar-refractivity contribution is -0.207. The summed E-state index contributed by atoms with van der Waals surface area (Å²) in [5.41, 5.74) is 1.21. The van der Waals surface area contributed by atoms with E-state index in [1.807, 2.05) is 30.3 Å². The molecule has 2 rings (SSSR count). The maximum Gasteiger partial charge on any atom is 0.415 e. The first-order valence-electron chi connectivity index (χ1n) is 6.46. The number of aliphatic hydroxyl groups excluding tert-OH is 1. The van der Waals surface area contributed by atoms with Crippen LogP contribution in [0, 0.1) is 5.92 Å². The van der Waals surface area contributed by atoms with Gasteiger partial charge in [-0.2, -0.15) is 13.2 Å². The van der Waals surface area contributed by atoms with Crippen molar-refractivity contribution in [3.05, 3.63) is 35.9 Å². The summed E-state index contributed by atoms with van der Waals surface area (Å²) < 4.78 is 36.8. The van der Waals surface area contributed by atoms with E-state index in [0.29, 0.717) is 19.0 Å². The molecule has 2 nitrogen and oxygen atoms in total. The van der Waals surface area contributed by atoms with Crippen molar-refractivity contribution < 1.29 is 18.3 Å². The number of aliphatic hydroxyl groups is 1. The van der Waals surface area contributed by atoms with Gasteiger partial charge in [-0.1, -0.05) is 30.3 Å². The normalized spacial score (nSPS) is 22.6. The third-order valence-corrected chi connectivity index (χ3v) is 3.55. The van der Waals surface area contributed by atoms with E-state index in [9.17, 15) is 13.2 Å². The Bertz CT molecular complexity index is 393. The Labute approximate surface area is 110 Å². The summed E-state index contributed by atoms with van der Waals surface area (Å²) in [6.45, 7) is 0.946. The predicted octanol–water partition coefficient (Wildman–Crippen LogP) is 2.47. The summed E-state index contributed by atoms with van der Waals surface area (Å²) in [6, 6.07) is 9.95. The number of hydrogen-bond acceptors (Lipinski definition) is 2. The van der Waals surface area contributed by atoms with Crippen LogP contribution in [0.4, 0.5) is 13.2 Å². The first kappa shape index (κ1) is 14.3. The minimum Gasteiger partial charge on any atom is -0.382 e. The van der Waals surface area contributed by atoms with E-state index >= 15 is 0 Å². The average molecular weight is 273 g/mol. The molecule has 0 aliphatic carbocycles. The van der Waals surface area contributed by atoms with Crippen LogP contribution >= 0.6 is 0 Å². The highest BCUT2D eigenvalue weighted by Crippen LogP contribution is 2.25. The van der Waals surface area contributed by atoms with Crippen molar-refractivity contribution in [3.63, 3.8) is 0 Å². The van der Waals surface area contributed by atoms with Crippen LogP contribution in [0.3, 0.4) is 0 Å². The van der Waals surface area contributed by atoms with E-state index in [2.05, 4.69) is 0 Å². The van der Waals surface area contributed by atoms with Crippen molar-refractivity contribution in [2.24, 2.45) is 5.92 Å². The minimum absolute atomic E-state index is 0.311. The van der Waals surface area contributed by atoms with Gasteiger partial charge in [-0.3, -0.25) is 0 Å². The van der Waals surface area contributed by atoms with Crippen LogP contribution in [0.1, 0.15) is 12.0 Å². The highest BCUT2D eigenvalue weighted by molar-refractivity contribution is 5.15. The van der Waals surface area contributed by atoms with E-state index in [1.54, 1.807) is 4.90 Å². The Morgan fingerprint density at radius 3 is 2.58 bits per heavy atom. The molecule has 1 fully saturated rings. The standard InChI is InChI=1S/C14H18F3NO/c15-14(16,17)13(19)10-18-7-6-12(9-18)8-11-4-2-1-3-5-11/h1-5,12-13,19H,6-10H2/t12?,13-/m0/s1. The lowest BCUT2D eigenvalue weighted by Crippen LogP contribution is -2.40. The van der Waals surface area contributed by atoms with Crippen molar-refractivity contribution >= 4 is 0 Å². The third kappa shape index (κ3) is 4.21. The molecule has 0 saturated carbocycles. The van der Waals surface area contributed by atoms with Gasteiger partial charge in [0.1, 0.15) is 0 Å². The number of benzene rings is 1. The summed E-state index contributed by atoms with van der Waals surface area (Å²) in [5.74, 6) is 0.378. The Kier molecular flexibility index (Phi) is 4.47. The zero-order valence-corrected chi connectivity index (χ0v) is 10.6. The monoisotopic (exact) mass is 273 g/mol. The Morgan fingerprint density at radius 1 is 1.26 bits per heavy atom. The number of hydrogen-bond donors (Lipinski definition) is 1. The summed E-state index contributed by atoms with van der Waals surface area (Å²) in [6.07, 6.45) is -4.97. The van der Waals surface area contributed by atoms with Crippen LogP contribution in [0.25, 0.3) is 0 Å². The number of likely N-dealkylation sites (tertiary alicyclic amines) is 1. The maximum atomic E-state index is 12.3. The van der Waals surface area contributed by atoms with Gasteiger partial charge >= 0.3 is 6.18 Å². The third-order valence-electron chi connectivity index (χ3n) is 3.55. The SMILES string of the molecule is O[C@@H](CN1CCC(Cc2ccccc2)C1)C(F)(F)F. The molecular weight excluding hydrogens is 255 g/mol. The van der Waals surface area contributed by atoms with Gasteiger partial charge in [0.05, 0.1) is 0 Å². The lowest BCUT2D eigenvalue weighted by atomic mass is 9.99. The lowest BCUT2D eigenvalue weighted by Gasteiger charge is -2.21. The molecule has 5 heteroatoms. The second-order valence-corrected chi connectivity index (χ2v) is 5.16. The van der Waals surface area contributed by atoms with Gasteiger partial charge in [0.15, 0.2) is 6.10 Å². The fourth-order valence-corrected chi connectivity index (χ4v) is 2.54. The van der Waals surface area contributed by atoms with Crippen LogP contribution in [0.2, 0.25) is 0 Å². The quantitative estimate of drug-likeness (QED) is 0.911. The molecule has 1 unspecified atom stereocenters. The highest BCUT2D eigenvalue weighted by atomic mass is 19.4. The van der Waals surface area contributed by atoms with Crippen LogP contribution < -0.4 is 0 Å². The van der Waals surface area contributed by atoms with Crippen molar-refractivity contribution in [2.75, 3.05) is 19.6 Å². The van der Waals surface area contributed by atoms with E-state index in [0.717, 1.165) is 12.8 Å². The summed E-state index contributed by atoms with van der Waals surface area (Å²) >= 11 is 0. The van der Waals surface area contributed by atoms with Gasteiger partial charge in [0, 0.05) is 13.1 Å². The zero-order valence-electron chi connectivity index (χ0n) is 10.6. The Morgan fingerprint density at radius 2 is 1.95 bits per heavy atom. The van der Waals surface area contributed by atoms with Crippen molar-refractivity contribution in [1.82, 2.24) is 4.90 Å². The molecule has 1 aromatic rings. The average Bonchev–Trinajstić information content (AvgIpc) is 2.76. The fourth-order valence-electron chi connectivity index (χ4n) is 2.54. The highest BCUT2D eigenvalue weighted by Gasteiger charge is 2.40. The molecule has 0 spiro atoms. The number of β-amino-alcohol motifs (C(OH)–C–C–N with tert-alkyl or cyclic N) is 1. The fraction of sp³-hybridized carbons (Fsp3) is 0.571. The zero-order chi connectivity index (χ0) is 13.9. The molecular formula is C14H18F3NO. The van der Waals surface area contributed by atoms with Crippen molar-refractivity contribution in [3.8, 4) is 0 Å². The number of rotatable bonds is 4. The molecule has 1 aliphatic heterocycles. The first-order valence-corrected chi connectivity index (χ1v) is 6.46. The van der Waals surface area contributed by atoms with Gasteiger partial charge in [-0.25, -0.2) is 0 Å². The first-order chi connectivity index (χ1) is 8.95. The molecule has 19 heavy (non-hydrogen) atoms. The predicted molar refractivity (Wildman–Crippen MR) is 66.8 cm³/mol. The molecule has 0 aromatic heterocycles. The van der Waals surface area contributed by atoms with Gasteiger partial charge in [-0.15, -0.1) is 0 Å². The summed E-state index contributed by atoms with van der Waals surface area (Å²) in [5, 5.41) is 9.06. The molecule has 0 radical (unpaired) electrons.